The molecule has 0 radical (unpaired) electrons. The number of benzene rings is 1. The largest absolute Gasteiger partial charge is 0.340 e. The average Bonchev–Trinajstić information content (AvgIpc) is 3.49. The van der Waals surface area contributed by atoms with Crippen LogP contribution in [0.15, 0.2) is 72.4 Å². The molecule has 0 aliphatic carbocycles. The minimum Gasteiger partial charge on any atom is -0.340 e. The van der Waals surface area contributed by atoms with Gasteiger partial charge in [-0.25, -0.2) is 9.97 Å². The molecule has 1 aliphatic rings. The fraction of sp³-hybridized carbons (Fsp3) is 0.200. The number of carbonyl (C=O) groups excluding carboxylic acids is 1. The Balaban J connectivity index is 1.43. The van der Waals surface area contributed by atoms with Crippen LogP contribution in [0.3, 0.4) is 0 Å². The van der Waals surface area contributed by atoms with Crippen molar-refractivity contribution in [1.82, 2.24) is 19.9 Å². The number of carbonyl (C=O) groups is 1. The van der Waals surface area contributed by atoms with E-state index in [1.807, 2.05) is 78.0 Å². The molecule has 1 aliphatic heterocycles. The number of aromatic nitrogens is 3. The van der Waals surface area contributed by atoms with Gasteiger partial charge in [0, 0.05) is 59.0 Å². The zero-order chi connectivity index (χ0) is 21.9. The highest BCUT2D eigenvalue weighted by Gasteiger charge is 2.30. The van der Waals surface area contributed by atoms with Crippen LogP contribution in [0.5, 0.6) is 0 Å². The van der Waals surface area contributed by atoms with Crippen LogP contribution in [-0.2, 0) is 0 Å². The van der Waals surface area contributed by atoms with E-state index < -0.39 is 0 Å². The smallest absolute Gasteiger partial charge is 0.254 e. The first-order chi connectivity index (χ1) is 15.7. The summed E-state index contributed by atoms with van der Waals surface area (Å²) < 4.78 is 0. The molecule has 4 heterocycles. The van der Waals surface area contributed by atoms with Gasteiger partial charge in [-0.2, -0.15) is 0 Å². The molecule has 0 spiro atoms. The Morgan fingerprint density at radius 3 is 2.75 bits per heavy atom. The molecule has 0 unspecified atom stereocenters. The first-order valence-electron chi connectivity index (χ1n) is 10.6. The number of pyridine rings is 1. The van der Waals surface area contributed by atoms with E-state index in [0.29, 0.717) is 13.1 Å². The van der Waals surface area contributed by atoms with Crippen molar-refractivity contribution in [3.8, 4) is 11.3 Å². The van der Waals surface area contributed by atoms with Gasteiger partial charge in [0.15, 0.2) is 0 Å². The molecule has 32 heavy (non-hydrogen) atoms. The van der Waals surface area contributed by atoms with Gasteiger partial charge in [-0.15, -0.1) is 11.3 Å². The summed E-state index contributed by atoms with van der Waals surface area (Å²) in [5.74, 6) is 1.66. The van der Waals surface area contributed by atoms with Gasteiger partial charge in [0.05, 0.1) is 11.3 Å². The van der Waals surface area contributed by atoms with Gasteiger partial charge >= 0.3 is 0 Å². The van der Waals surface area contributed by atoms with Crippen LogP contribution in [0.4, 0.5) is 11.5 Å². The minimum absolute atomic E-state index is 0.0860. The van der Waals surface area contributed by atoms with Crippen molar-refractivity contribution in [1.29, 1.82) is 0 Å². The summed E-state index contributed by atoms with van der Waals surface area (Å²) in [7, 11) is 0. The molecule has 1 aromatic carbocycles. The minimum atomic E-state index is 0.0860. The Hall–Kier alpha value is -3.58. The van der Waals surface area contributed by atoms with Gasteiger partial charge in [-0.1, -0.05) is 18.2 Å². The maximum Gasteiger partial charge on any atom is 0.254 e. The number of nitrogens with one attached hydrogen (secondary N) is 1. The number of rotatable bonds is 5. The molecule has 4 aromatic rings. The van der Waals surface area contributed by atoms with Crippen LogP contribution in [0.1, 0.15) is 33.4 Å². The molecule has 1 N–H and O–H groups in total. The van der Waals surface area contributed by atoms with Gasteiger partial charge in [-0.05, 0) is 43.7 Å². The average molecular weight is 442 g/mol. The lowest BCUT2D eigenvalue weighted by atomic mass is 10.1. The van der Waals surface area contributed by atoms with Gasteiger partial charge in [0.1, 0.15) is 11.6 Å². The van der Waals surface area contributed by atoms with E-state index in [-0.39, 0.29) is 11.8 Å². The normalized spacial score (nSPS) is 15.7. The Kier molecular flexibility index (Phi) is 5.64. The van der Waals surface area contributed by atoms with Gasteiger partial charge in [0.25, 0.3) is 5.91 Å². The van der Waals surface area contributed by atoms with E-state index >= 15 is 0 Å². The standard InChI is InChI=1S/C25H23N5OS/c1-17-12-20(16-32-17)25(31)30-11-9-19(15-30)24-28-22(18-6-5-10-26-14-18)13-23(29-24)27-21-7-3-2-4-8-21/h2-8,10,12-14,16,19H,9,11,15H2,1H3,(H,27,28,29)/t19-/m0/s1. The molecule has 1 amide bonds. The second kappa shape index (κ2) is 8.88. The van der Waals surface area contributed by atoms with Crippen molar-refractivity contribution in [2.75, 3.05) is 18.4 Å². The summed E-state index contributed by atoms with van der Waals surface area (Å²) in [5.41, 5.74) is 3.49. The lowest BCUT2D eigenvalue weighted by Crippen LogP contribution is -2.28. The number of hydrogen-bond acceptors (Lipinski definition) is 6. The molecule has 1 fully saturated rings. The predicted octanol–water partition coefficient (Wildman–Crippen LogP) is 5.28. The van der Waals surface area contributed by atoms with E-state index in [1.54, 1.807) is 17.5 Å². The first-order valence-corrected chi connectivity index (χ1v) is 11.5. The maximum atomic E-state index is 12.9. The third kappa shape index (κ3) is 4.38. The van der Waals surface area contributed by atoms with E-state index in [2.05, 4.69) is 10.3 Å². The van der Waals surface area contributed by atoms with Crippen LogP contribution in [0, 0.1) is 6.92 Å². The summed E-state index contributed by atoms with van der Waals surface area (Å²) in [6.07, 6.45) is 4.40. The van der Waals surface area contributed by atoms with E-state index in [4.69, 9.17) is 9.97 Å². The van der Waals surface area contributed by atoms with Crippen molar-refractivity contribution < 1.29 is 4.79 Å². The molecular weight excluding hydrogens is 418 g/mol. The van der Waals surface area contributed by atoms with Crippen molar-refractivity contribution >= 4 is 28.7 Å². The number of likely N-dealkylation sites (tertiary alicyclic amines) is 1. The Labute approximate surface area is 191 Å². The molecule has 6 nitrogen and oxygen atoms in total. The van der Waals surface area contributed by atoms with Crippen LogP contribution >= 0.6 is 11.3 Å². The van der Waals surface area contributed by atoms with Crippen molar-refractivity contribution in [3.05, 3.63) is 88.6 Å². The molecule has 0 bridgehead atoms. The van der Waals surface area contributed by atoms with Crippen molar-refractivity contribution in [2.45, 2.75) is 19.3 Å². The highest BCUT2D eigenvalue weighted by molar-refractivity contribution is 7.10. The molecule has 5 rings (SSSR count). The summed E-state index contributed by atoms with van der Waals surface area (Å²) in [6.45, 7) is 3.35. The van der Waals surface area contributed by atoms with Crippen LogP contribution in [0.25, 0.3) is 11.3 Å². The Morgan fingerprint density at radius 1 is 1.12 bits per heavy atom. The van der Waals surface area contributed by atoms with Crippen molar-refractivity contribution in [2.24, 2.45) is 0 Å². The molecule has 1 saturated heterocycles. The quantitative estimate of drug-likeness (QED) is 0.456. The van der Waals surface area contributed by atoms with Gasteiger partial charge in [0.2, 0.25) is 0 Å². The second-order valence-electron chi connectivity index (χ2n) is 7.91. The van der Waals surface area contributed by atoms with Crippen LogP contribution < -0.4 is 5.32 Å². The van der Waals surface area contributed by atoms with Crippen molar-refractivity contribution in [3.63, 3.8) is 0 Å². The van der Waals surface area contributed by atoms with E-state index in [1.165, 1.54) is 0 Å². The van der Waals surface area contributed by atoms with Gasteiger partial charge in [-0.3, -0.25) is 9.78 Å². The number of hydrogen-bond donors (Lipinski definition) is 1. The molecule has 0 saturated carbocycles. The van der Waals surface area contributed by atoms with Crippen LogP contribution in [-0.4, -0.2) is 38.8 Å². The van der Waals surface area contributed by atoms with Crippen LogP contribution in [0.2, 0.25) is 0 Å². The van der Waals surface area contributed by atoms with E-state index in [0.717, 1.165) is 45.4 Å². The lowest BCUT2D eigenvalue weighted by molar-refractivity contribution is 0.0791. The zero-order valence-electron chi connectivity index (χ0n) is 17.7. The SMILES string of the molecule is Cc1cc(C(=O)N2CC[C@H](c3nc(Nc4ccccc4)cc(-c4cccnc4)n3)C2)cs1. The monoisotopic (exact) mass is 441 g/mol. The first kappa shape index (κ1) is 20.3. The maximum absolute atomic E-state index is 12.9. The summed E-state index contributed by atoms with van der Waals surface area (Å²) >= 11 is 1.60. The Bertz CT molecular complexity index is 1230. The number of para-hydroxylation sites is 1. The topological polar surface area (TPSA) is 71.0 Å². The molecular formula is C25H23N5OS. The molecule has 1 atom stereocenters. The molecule has 160 valence electrons. The fourth-order valence-corrected chi connectivity index (χ4v) is 4.61. The number of amides is 1. The third-order valence-electron chi connectivity index (χ3n) is 5.57. The third-order valence-corrected chi connectivity index (χ3v) is 6.43. The number of nitrogens with zero attached hydrogens (tertiary/aromatic N) is 4. The summed E-state index contributed by atoms with van der Waals surface area (Å²) in [6, 6.07) is 17.8. The highest BCUT2D eigenvalue weighted by Crippen LogP contribution is 2.30. The predicted molar refractivity (Wildman–Crippen MR) is 127 cm³/mol. The summed E-state index contributed by atoms with van der Waals surface area (Å²) in [4.78, 5) is 29.9. The number of thiophene rings is 1. The lowest BCUT2D eigenvalue weighted by Gasteiger charge is -2.16. The highest BCUT2D eigenvalue weighted by atomic mass is 32.1. The number of anilines is 2. The Morgan fingerprint density at radius 2 is 2.00 bits per heavy atom. The molecule has 3 aromatic heterocycles. The molecule has 7 heteroatoms. The van der Waals surface area contributed by atoms with Gasteiger partial charge < -0.3 is 10.2 Å². The number of aryl methyl sites for hydroxylation is 1. The second-order valence-corrected chi connectivity index (χ2v) is 9.03. The summed E-state index contributed by atoms with van der Waals surface area (Å²) in [5, 5.41) is 5.33. The van der Waals surface area contributed by atoms with E-state index in [9.17, 15) is 4.79 Å². The zero-order valence-corrected chi connectivity index (χ0v) is 18.5. The fourth-order valence-electron chi connectivity index (χ4n) is 3.94.